The Morgan fingerprint density at radius 2 is 2.29 bits per heavy atom. The molecular weight excluding hydrogens is 336 g/mol. The fraction of sp³-hybridized carbons (Fsp3) is 0.467. The van der Waals surface area contributed by atoms with Crippen molar-refractivity contribution in [1.82, 2.24) is 10.1 Å². The van der Waals surface area contributed by atoms with Gasteiger partial charge >= 0.3 is 0 Å². The van der Waals surface area contributed by atoms with Gasteiger partial charge in [-0.2, -0.15) is 0 Å². The standard InChI is InChI=1S/C15H17BrN2O3/c1-10-12(9-20-14-4-2-3-7-19-14)15(21-18-10)13-6-5-11(16)8-17-13/h5-6,8,14H,2-4,7,9H2,1H3. The molecule has 21 heavy (non-hydrogen) atoms. The number of pyridine rings is 1. The molecule has 1 atom stereocenters. The van der Waals surface area contributed by atoms with Crippen LogP contribution in [0.4, 0.5) is 0 Å². The second kappa shape index (κ2) is 6.68. The molecular formula is C15H17BrN2O3. The zero-order valence-electron chi connectivity index (χ0n) is 11.8. The van der Waals surface area contributed by atoms with E-state index in [0.29, 0.717) is 12.4 Å². The third-order valence-corrected chi connectivity index (χ3v) is 3.97. The number of halogens is 1. The van der Waals surface area contributed by atoms with Gasteiger partial charge < -0.3 is 14.0 Å². The number of aryl methyl sites for hydroxylation is 1. The van der Waals surface area contributed by atoms with Crippen LogP contribution in [0.2, 0.25) is 0 Å². The number of hydrogen-bond acceptors (Lipinski definition) is 5. The summed E-state index contributed by atoms with van der Waals surface area (Å²) in [7, 11) is 0. The second-order valence-corrected chi connectivity index (χ2v) is 5.96. The number of aromatic nitrogens is 2. The van der Waals surface area contributed by atoms with E-state index >= 15 is 0 Å². The maximum absolute atomic E-state index is 5.83. The SMILES string of the molecule is Cc1noc(-c2ccc(Br)cn2)c1COC1CCCCO1. The predicted octanol–water partition coefficient (Wildman–Crippen LogP) is 3.85. The Balaban J connectivity index is 1.75. The fourth-order valence-electron chi connectivity index (χ4n) is 2.29. The van der Waals surface area contributed by atoms with Gasteiger partial charge in [-0.3, -0.25) is 4.98 Å². The first-order valence-electron chi connectivity index (χ1n) is 7.04. The highest BCUT2D eigenvalue weighted by Gasteiger charge is 2.20. The minimum atomic E-state index is -0.126. The van der Waals surface area contributed by atoms with Gasteiger partial charge in [0.05, 0.1) is 17.9 Å². The molecule has 1 aliphatic heterocycles. The van der Waals surface area contributed by atoms with Gasteiger partial charge in [0.1, 0.15) is 5.69 Å². The van der Waals surface area contributed by atoms with Crippen molar-refractivity contribution in [2.45, 2.75) is 39.1 Å². The van der Waals surface area contributed by atoms with E-state index in [-0.39, 0.29) is 6.29 Å². The fourth-order valence-corrected chi connectivity index (χ4v) is 2.52. The summed E-state index contributed by atoms with van der Waals surface area (Å²) in [5.74, 6) is 0.663. The molecule has 0 N–H and O–H groups in total. The van der Waals surface area contributed by atoms with Gasteiger partial charge in [0.2, 0.25) is 0 Å². The summed E-state index contributed by atoms with van der Waals surface area (Å²) in [4.78, 5) is 4.35. The number of nitrogens with zero attached hydrogens (tertiary/aromatic N) is 2. The highest BCUT2D eigenvalue weighted by molar-refractivity contribution is 9.10. The monoisotopic (exact) mass is 352 g/mol. The van der Waals surface area contributed by atoms with E-state index in [1.54, 1.807) is 6.20 Å². The molecule has 1 saturated heterocycles. The Labute approximate surface area is 131 Å². The first kappa shape index (κ1) is 14.7. The lowest BCUT2D eigenvalue weighted by molar-refractivity contribution is -0.168. The number of ether oxygens (including phenoxy) is 2. The normalized spacial score (nSPS) is 18.9. The van der Waals surface area contributed by atoms with Crippen LogP contribution in [-0.4, -0.2) is 23.0 Å². The smallest absolute Gasteiger partial charge is 0.190 e. The minimum Gasteiger partial charge on any atom is -0.354 e. The first-order valence-corrected chi connectivity index (χ1v) is 7.83. The van der Waals surface area contributed by atoms with Crippen molar-refractivity contribution in [3.63, 3.8) is 0 Å². The van der Waals surface area contributed by atoms with Gasteiger partial charge in [0.25, 0.3) is 0 Å². The number of hydrogen-bond donors (Lipinski definition) is 0. The van der Waals surface area contributed by atoms with Gasteiger partial charge in [0, 0.05) is 17.3 Å². The Kier molecular flexibility index (Phi) is 4.67. The van der Waals surface area contributed by atoms with Crippen LogP contribution >= 0.6 is 15.9 Å². The molecule has 6 heteroatoms. The molecule has 1 unspecified atom stereocenters. The van der Waals surface area contributed by atoms with E-state index in [9.17, 15) is 0 Å². The maximum Gasteiger partial charge on any atom is 0.190 e. The largest absolute Gasteiger partial charge is 0.354 e. The summed E-state index contributed by atoms with van der Waals surface area (Å²) in [6.07, 6.45) is 4.81. The van der Waals surface area contributed by atoms with E-state index in [1.807, 2.05) is 19.1 Å². The summed E-state index contributed by atoms with van der Waals surface area (Å²) in [5, 5.41) is 4.03. The average Bonchev–Trinajstić information content (AvgIpc) is 2.88. The van der Waals surface area contributed by atoms with Crippen molar-refractivity contribution in [3.05, 3.63) is 34.1 Å². The molecule has 0 radical (unpaired) electrons. The van der Waals surface area contributed by atoms with Crippen molar-refractivity contribution >= 4 is 15.9 Å². The van der Waals surface area contributed by atoms with Crippen LogP contribution in [0, 0.1) is 6.92 Å². The summed E-state index contributed by atoms with van der Waals surface area (Å²) >= 11 is 3.37. The zero-order chi connectivity index (χ0) is 14.7. The van der Waals surface area contributed by atoms with Gasteiger partial charge in [-0.15, -0.1) is 0 Å². The van der Waals surface area contributed by atoms with Crippen LogP contribution in [0.25, 0.3) is 11.5 Å². The van der Waals surface area contributed by atoms with Crippen molar-refractivity contribution < 1.29 is 14.0 Å². The molecule has 0 aromatic carbocycles. The third kappa shape index (κ3) is 3.51. The van der Waals surface area contributed by atoms with Gasteiger partial charge in [-0.25, -0.2) is 0 Å². The molecule has 5 nitrogen and oxygen atoms in total. The molecule has 0 spiro atoms. The summed E-state index contributed by atoms with van der Waals surface area (Å²) in [5.41, 5.74) is 2.51. The summed E-state index contributed by atoms with van der Waals surface area (Å²) < 4.78 is 17.8. The molecule has 1 fully saturated rings. The van der Waals surface area contributed by atoms with Crippen molar-refractivity contribution in [3.8, 4) is 11.5 Å². The third-order valence-electron chi connectivity index (χ3n) is 3.50. The van der Waals surface area contributed by atoms with Gasteiger partial charge in [0.15, 0.2) is 12.1 Å². The summed E-state index contributed by atoms with van der Waals surface area (Å²) in [6.45, 7) is 3.10. The van der Waals surface area contributed by atoms with Crippen LogP contribution in [0.3, 0.4) is 0 Å². The van der Waals surface area contributed by atoms with Crippen molar-refractivity contribution in [1.29, 1.82) is 0 Å². The molecule has 3 rings (SSSR count). The molecule has 0 saturated carbocycles. The summed E-state index contributed by atoms with van der Waals surface area (Å²) in [6, 6.07) is 3.82. The van der Waals surface area contributed by atoms with Crippen molar-refractivity contribution in [2.24, 2.45) is 0 Å². The quantitative estimate of drug-likeness (QED) is 0.836. The average molecular weight is 353 g/mol. The molecule has 112 valence electrons. The Hall–Kier alpha value is -1.24. The predicted molar refractivity (Wildman–Crippen MR) is 80.6 cm³/mol. The molecule has 2 aromatic heterocycles. The number of rotatable bonds is 4. The van der Waals surface area contributed by atoms with E-state index in [2.05, 4.69) is 26.1 Å². The van der Waals surface area contributed by atoms with E-state index in [1.165, 1.54) is 0 Å². The van der Waals surface area contributed by atoms with E-state index in [0.717, 1.165) is 47.3 Å². The first-order chi connectivity index (χ1) is 10.2. The van der Waals surface area contributed by atoms with Gasteiger partial charge in [-0.1, -0.05) is 5.16 Å². The Bertz CT molecular complexity index is 591. The Morgan fingerprint density at radius 3 is 3.00 bits per heavy atom. The lowest BCUT2D eigenvalue weighted by Gasteiger charge is -2.22. The molecule has 2 aromatic rings. The highest BCUT2D eigenvalue weighted by atomic mass is 79.9. The van der Waals surface area contributed by atoms with E-state index < -0.39 is 0 Å². The molecule has 0 bridgehead atoms. The second-order valence-electron chi connectivity index (χ2n) is 5.04. The van der Waals surface area contributed by atoms with Crippen LogP contribution in [0.5, 0.6) is 0 Å². The van der Waals surface area contributed by atoms with Crippen LogP contribution < -0.4 is 0 Å². The van der Waals surface area contributed by atoms with Crippen LogP contribution in [0.1, 0.15) is 30.5 Å². The highest BCUT2D eigenvalue weighted by Crippen LogP contribution is 2.27. The molecule has 3 heterocycles. The topological polar surface area (TPSA) is 57.4 Å². The van der Waals surface area contributed by atoms with Crippen LogP contribution in [-0.2, 0) is 16.1 Å². The van der Waals surface area contributed by atoms with E-state index in [4.69, 9.17) is 14.0 Å². The lowest BCUT2D eigenvalue weighted by Crippen LogP contribution is -2.22. The molecule has 0 amide bonds. The van der Waals surface area contributed by atoms with Gasteiger partial charge in [-0.05, 0) is 54.2 Å². The molecule has 1 aliphatic rings. The Morgan fingerprint density at radius 1 is 1.38 bits per heavy atom. The van der Waals surface area contributed by atoms with Crippen molar-refractivity contribution in [2.75, 3.05) is 6.61 Å². The zero-order valence-corrected chi connectivity index (χ0v) is 13.4. The molecule has 0 aliphatic carbocycles. The minimum absolute atomic E-state index is 0.126. The maximum atomic E-state index is 5.83. The lowest BCUT2D eigenvalue weighted by atomic mass is 10.1. The van der Waals surface area contributed by atoms with Crippen LogP contribution in [0.15, 0.2) is 27.3 Å².